The van der Waals surface area contributed by atoms with Gasteiger partial charge in [0.15, 0.2) is 74.9 Å². The van der Waals surface area contributed by atoms with E-state index in [2.05, 4.69) is 339 Å². The van der Waals surface area contributed by atoms with E-state index in [9.17, 15) is 0 Å². The first-order valence-corrected chi connectivity index (χ1v) is 49.8. The lowest BCUT2D eigenvalue weighted by molar-refractivity contribution is 0.647. The van der Waals surface area contributed by atoms with Crippen molar-refractivity contribution in [3.8, 4) is 0 Å². The van der Waals surface area contributed by atoms with Gasteiger partial charge in [0.25, 0.3) is 0 Å². The van der Waals surface area contributed by atoms with Gasteiger partial charge in [0.2, 0.25) is 5.71 Å². The zero-order valence-electron chi connectivity index (χ0n) is 83.7. The van der Waals surface area contributed by atoms with Gasteiger partial charge in [0, 0.05) is 103 Å². The molecule has 23 aromatic rings. The number of rotatable bonds is 10. The lowest BCUT2D eigenvalue weighted by atomic mass is 10.1. The van der Waals surface area contributed by atoms with Crippen LogP contribution >= 0.6 is 0 Å². The van der Waals surface area contributed by atoms with Gasteiger partial charge in [0.05, 0.1) is 50.5 Å². The third-order valence-electron chi connectivity index (χ3n) is 28.6. The minimum absolute atomic E-state index is 0.0117. The molecule has 0 unspecified atom stereocenters. The minimum atomic E-state index is -0.0493. The molecule has 28 rings (SSSR count). The summed E-state index contributed by atoms with van der Waals surface area (Å²) >= 11 is 0. The van der Waals surface area contributed by atoms with E-state index in [0.717, 1.165) is 225 Å². The van der Waals surface area contributed by atoms with Crippen molar-refractivity contribution in [2.24, 2.45) is 0 Å². The Kier molecular flexibility index (Phi) is 23.2. The van der Waals surface area contributed by atoms with Gasteiger partial charge in [-0.1, -0.05) is 224 Å². The van der Waals surface area contributed by atoms with Crippen LogP contribution in [0.5, 0.6) is 0 Å². The molecule has 5 atom stereocenters. The van der Waals surface area contributed by atoms with Crippen LogP contribution in [0, 0.1) is 55.4 Å². The Hall–Kier alpha value is -18.5. The summed E-state index contributed by atoms with van der Waals surface area (Å²) in [4.78, 5) is 76.0. The fraction of sp³-hybridized carbons (Fsp3) is 0.146. The highest BCUT2D eigenvalue weighted by Gasteiger charge is 2.46. The number of furan rings is 3. The third kappa shape index (κ3) is 15.7. The molecule has 0 saturated heterocycles. The fourth-order valence-electron chi connectivity index (χ4n) is 21.5. The van der Waals surface area contributed by atoms with E-state index in [1.165, 1.54) is 16.8 Å². The zero-order chi connectivity index (χ0) is 100. The molecular formula is C123H105N21O3. The summed E-state index contributed by atoms with van der Waals surface area (Å²) in [6.45, 7) is 27.6. The van der Waals surface area contributed by atoms with Crippen LogP contribution in [0.15, 0.2) is 384 Å². The molecule has 0 bridgehead atoms. The van der Waals surface area contributed by atoms with Crippen LogP contribution in [0.1, 0.15) is 79.5 Å². The molecule has 14 heterocycles. The topological polar surface area (TPSA) is 214 Å². The Morgan fingerprint density at radius 3 is 0.816 bits per heavy atom. The molecule has 0 amide bonds. The van der Waals surface area contributed by atoms with Gasteiger partial charge in [-0.2, -0.15) is 0 Å². The SMILES string of the molecule is Cc1ccc2c(n1)oc1c(N3c4nccnc4N(c4ccccc4)[C@@H]3C)c(C)ccc12.Cc1ccc2c(oc3ccccc32)c1N1c2nc3ccccc3nc2N(c2ccccc2)[C@@H]1C.Cc1ccc2c(oc3ccccc32)c1N1c2nccnc2N(c2ccccc2)[C@@H]1C.Cc1ccccc1N1c2nc(C)c(C)nc2N(c2ccccc2)[C@@H]1C.Cc1ccccc1N1c2nc3ccccc3nc2N(c2ccccc2)[C@@H]1C. The molecule has 0 aliphatic carbocycles. The number of hydrogen-bond acceptors (Lipinski definition) is 24. The van der Waals surface area contributed by atoms with Crippen molar-refractivity contribution >= 4 is 203 Å². The van der Waals surface area contributed by atoms with Gasteiger partial charge in [-0.25, -0.2) is 54.8 Å². The molecule has 14 aromatic carbocycles. The Balaban J connectivity index is 0.0000000987. The van der Waals surface area contributed by atoms with E-state index in [1.54, 1.807) is 24.8 Å². The number of hydrogen-bond donors (Lipinski definition) is 0. The van der Waals surface area contributed by atoms with Crippen LogP contribution in [-0.2, 0) is 0 Å². The number of fused-ring (bicyclic) bond motifs is 16. The van der Waals surface area contributed by atoms with Gasteiger partial charge in [0.1, 0.15) is 42.0 Å². The molecule has 0 saturated carbocycles. The predicted molar refractivity (Wildman–Crippen MR) is 596 cm³/mol. The maximum atomic E-state index is 6.46. The third-order valence-corrected chi connectivity index (χ3v) is 28.6. The van der Waals surface area contributed by atoms with Gasteiger partial charge in [-0.05, 0) is 239 Å². The zero-order valence-corrected chi connectivity index (χ0v) is 83.7. The predicted octanol–water partition coefficient (Wildman–Crippen LogP) is 30.4. The molecular weight excluding hydrogens is 1820 g/mol. The average molecular weight is 1930 g/mol. The monoisotopic (exact) mass is 1920 g/mol. The van der Waals surface area contributed by atoms with Gasteiger partial charge >= 0.3 is 0 Å². The highest BCUT2D eigenvalue weighted by Crippen LogP contribution is 2.56. The number of nitrogens with zero attached hydrogens (tertiary/aromatic N) is 21. The molecule has 24 heteroatoms. The summed E-state index contributed by atoms with van der Waals surface area (Å²) in [6, 6.07) is 118. The molecule has 0 N–H and O–H groups in total. The number of benzene rings is 14. The minimum Gasteiger partial charge on any atom is -0.454 e. The molecule has 0 fully saturated rings. The molecule has 720 valence electrons. The number of aromatic nitrogens is 11. The summed E-state index contributed by atoms with van der Waals surface area (Å²) in [5, 5.41) is 6.54. The Bertz CT molecular complexity index is 8960. The first-order valence-electron chi connectivity index (χ1n) is 49.8. The number of aryl methyl sites for hydroxylation is 8. The summed E-state index contributed by atoms with van der Waals surface area (Å²) in [5.74, 6) is 8.68. The molecule has 24 nitrogen and oxygen atoms in total. The van der Waals surface area contributed by atoms with E-state index in [0.29, 0.717) is 5.71 Å². The second-order valence-electron chi connectivity index (χ2n) is 37.7. The van der Waals surface area contributed by atoms with E-state index in [1.807, 2.05) is 160 Å². The van der Waals surface area contributed by atoms with Crippen molar-refractivity contribution in [1.82, 2.24) is 54.8 Å². The highest BCUT2D eigenvalue weighted by atomic mass is 16.3. The molecule has 0 radical (unpaired) electrons. The number of para-hydroxylation sites is 13. The molecule has 0 spiro atoms. The largest absolute Gasteiger partial charge is 0.454 e. The highest BCUT2D eigenvalue weighted by molar-refractivity contribution is 6.14. The quantitative estimate of drug-likeness (QED) is 0.124. The lowest BCUT2D eigenvalue weighted by Crippen LogP contribution is -2.36. The van der Waals surface area contributed by atoms with Crippen molar-refractivity contribution in [2.75, 3.05) is 49.0 Å². The number of anilines is 20. The lowest BCUT2D eigenvalue weighted by Gasteiger charge is -2.30. The van der Waals surface area contributed by atoms with Gasteiger partial charge in [-0.15, -0.1) is 0 Å². The van der Waals surface area contributed by atoms with E-state index in [-0.39, 0.29) is 30.8 Å². The van der Waals surface area contributed by atoms with Crippen LogP contribution in [0.4, 0.5) is 115 Å². The van der Waals surface area contributed by atoms with E-state index < -0.39 is 0 Å². The van der Waals surface area contributed by atoms with Gasteiger partial charge in [-0.3, -0.25) is 14.7 Å². The maximum absolute atomic E-state index is 6.46. The van der Waals surface area contributed by atoms with Crippen LogP contribution < -0.4 is 49.0 Å². The Labute approximate surface area is 851 Å². The van der Waals surface area contributed by atoms with Crippen LogP contribution in [0.2, 0.25) is 0 Å². The summed E-state index contributed by atoms with van der Waals surface area (Å²) < 4.78 is 19.2. The summed E-state index contributed by atoms with van der Waals surface area (Å²) in [7, 11) is 0. The van der Waals surface area contributed by atoms with Crippen molar-refractivity contribution in [3.05, 3.63) is 415 Å². The maximum Gasteiger partial charge on any atom is 0.227 e. The molecule has 9 aromatic heterocycles. The van der Waals surface area contributed by atoms with Crippen molar-refractivity contribution in [1.29, 1.82) is 0 Å². The fourth-order valence-corrected chi connectivity index (χ4v) is 21.5. The van der Waals surface area contributed by atoms with E-state index in [4.69, 9.17) is 53.1 Å². The first kappa shape index (κ1) is 91.1. The summed E-state index contributed by atoms with van der Waals surface area (Å²) in [5.41, 5.74) is 28.2. The smallest absolute Gasteiger partial charge is 0.227 e. The first-order chi connectivity index (χ1) is 71.9. The molecule has 147 heavy (non-hydrogen) atoms. The molecule has 5 aliphatic heterocycles. The van der Waals surface area contributed by atoms with Crippen LogP contribution in [0.3, 0.4) is 0 Å². The van der Waals surface area contributed by atoms with Crippen molar-refractivity contribution < 1.29 is 13.3 Å². The second kappa shape index (κ2) is 37.4. The average Bonchev–Trinajstić information content (AvgIpc) is 1.59. The molecule has 5 aliphatic rings. The standard InChI is InChI=1S/C29H22N4O.C25H21N5O.C25H20N4O.C23H20N4.C21H22N4/c1-18-16-17-22-21-12-6-9-15-25(21)34-27(22)26(18)33-19(2)32(20-10-4-3-5-11-20)28-29(33)31-24-14-8-7-13-23(24)30-28;1-15-9-11-19-20-12-10-16(2)28-25(20)31-22(19)21(15)30-17(3)29(18-7-5-4-6-8-18)23-24(30)27-14-13-26-23;1-16-12-13-20-19-10-6-7-11-21(19)30-23(20)22(16)29-17(2)28(18-8-4-3-5-9-18)24-25(29)27-15-14-26-24;1-16-10-6-9-15-21(16)27-17(2)26(18-11-4-3-5-12-18)22-23(27)25-20-14-8-7-13-19(20)24-22;1-14-10-8-9-13-19(14)25-17(4)24(18-11-6-5-7-12-18)20-21(25)23-16(3)15(2)22-20/h3-17,19H,1-2H3;4-14,17H,1-3H3;3-15,17H,1-2H3;3-15,17H,1-2H3;5-13,17H,1-4H3/t19-;4*17-/m00000/s1. The van der Waals surface area contributed by atoms with Crippen LogP contribution in [0.25, 0.3) is 88.0 Å². The van der Waals surface area contributed by atoms with E-state index >= 15 is 0 Å². The number of pyridine rings is 1. The summed E-state index contributed by atoms with van der Waals surface area (Å²) in [6.07, 6.45) is 7.06. The second-order valence-corrected chi connectivity index (χ2v) is 37.7. The normalized spacial score (nSPS) is 15.9. The Morgan fingerprint density at radius 1 is 0.197 bits per heavy atom. The Morgan fingerprint density at radius 2 is 0.456 bits per heavy atom. The van der Waals surface area contributed by atoms with Crippen molar-refractivity contribution in [2.45, 2.75) is 121 Å². The van der Waals surface area contributed by atoms with Crippen LogP contribution in [-0.4, -0.2) is 85.7 Å². The van der Waals surface area contributed by atoms with Gasteiger partial charge < -0.3 is 47.6 Å². The van der Waals surface area contributed by atoms with Crippen molar-refractivity contribution in [3.63, 3.8) is 0 Å².